The molecule has 0 saturated carbocycles. The Morgan fingerprint density at radius 3 is 2.56 bits per heavy atom. The van der Waals surface area contributed by atoms with Crippen LogP contribution in [0.1, 0.15) is 31.0 Å². The number of carbonyl (C=O) groups excluding carboxylic acids is 1. The van der Waals surface area contributed by atoms with Gasteiger partial charge in [-0.25, -0.2) is 4.68 Å². The van der Waals surface area contributed by atoms with Gasteiger partial charge in [0.2, 0.25) is 5.91 Å². The maximum absolute atomic E-state index is 13.1. The third-order valence-electron chi connectivity index (χ3n) is 5.19. The second-order valence-corrected chi connectivity index (χ2v) is 7.85. The molecule has 2 heterocycles. The number of rotatable bonds is 4. The van der Waals surface area contributed by atoms with Gasteiger partial charge in [0.05, 0.1) is 28.4 Å². The lowest BCUT2D eigenvalue weighted by Crippen LogP contribution is -2.31. The molecule has 0 saturated heterocycles. The number of carbonyl (C=O) groups is 1. The van der Waals surface area contributed by atoms with Crippen molar-refractivity contribution in [1.82, 2.24) is 19.6 Å². The summed E-state index contributed by atoms with van der Waals surface area (Å²) in [6.07, 6.45) is -2.83. The van der Waals surface area contributed by atoms with Crippen LogP contribution in [0.25, 0.3) is 21.7 Å². The fourth-order valence-corrected chi connectivity index (χ4v) is 3.58. The second-order valence-electron chi connectivity index (χ2n) is 7.85. The maximum Gasteiger partial charge on any atom is 0.416 e. The van der Waals surface area contributed by atoms with Gasteiger partial charge < -0.3 is 5.32 Å². The highest BCUT2D eigenvalue weighted by atomic mass is 19.4. The summed E-state index contributed by atoms with van der Waals surface area (Å²) < 4.78 is 42.1. The van der Waals surface area contributed by atoms with Crippen molar-refractivity contribution in [1.29, 1.82) is 0 Å². The summed E-state index contributed by atoms with van der Waals surface area (Å²) in [5, 5.41) is 12.2. The fourth-order valence-electron chi connectivity index (χ4n) is 3.58. The number of hydrogen-bond donors (Lipinski definition) is 1. The van der Waals surface area contributed by atoms with Crippen molar-refractivity contribution in [3.63, 3.8) is 0 Å². The maximum atomic E-state index is 13.1. The van der Waals surface area contributed by atoms with Crippen LogP contribution < -0.4 is 10.9 Å². The van der Waals surface area contributed by atoms with E-state index in [9.17, 15) is 22.8 Å². The SMILES string of the molecule is CC(C)c1nn(CC(=O)Nc2ccc3cnn(C)c3c2)c(=O)c2ccc(C(F)(F)F)cc12. The monoisotopic (exact) mass is 443 g/mol. The first-order valence-electron chi connectivity index (χ1n) is 9.88. The van der Waals surface area contributed by atoms with Crippen LogP contribution in [0.4, 0.5) is 18.9 Å². The van der Waals surface area contributed by atoms with Crippen LogP contribution >= 0.6 is 0 Å². The molecule has 4 rings (SSSR count). The Morgan fingerprint density at radius 1 is 1.12 bits per heavy atom. The second kappa shape index (κ2) is 7.77. The summed E-state index contributed by atoms with van der Waals surface area (Å²) in [6.45, 7) is 3.15. The molecule has 0 spiro atoms. The number of alkyl halides is 3. The van der Waals surface area contributed by atoms with Gasteiger partial charge in [-0.2, -0.15) is 23.4 Å². The van der Waals surface area contributed by atoms with Crippen molar-refractivity contribution >= 4 is 33.3 Å². The summed E-state index contributed by atoms with van der Waals surface area (Å²) >= 11 is 0. The molecule has 1 N–H and O–H groups in total. The van der Waals surface area contributed by atoms with Crippen molar-refractivity contribution in [3.05, 3.63) is 64.2 Å². The highest BCUT2D eigenvalue weighted by Gasteiger charge is 2.31. The average Bonchev–Trinajstić information content (AvgIpc) is 3.09. The van der Waals surface area contributed by atoms with Gasteiger partial charge >= 0.3 is 6.18 Å². The number of amides is 1. The molecule has 0 atom stereocenters. The van der Waals surface area contributed by atoms with Gasteiger partial charge in [0.15, 0.2) is 0 Å². The van der Waals surface area contributed by atoms with Crippen LogP contribution in [0.15, 0.2) is 47.4 Å². The van der Waals surface area contributed by atoms with Crippen LogP contribution in [-0.2, 0) is 24.6 Å². The lowest BCUT2D eigenvalue weighted by molar-refractivity contribution is -0.137. The fraction of sp³-hybridized carbons (Fsp3) is 0.273. The molecule has 0 aliphatic heterocycles. The highest BCUT2D eigenvalue weighted by Crippen LogP contribution is 2.32. The zero-order chi connectivity index (χ0) is 23.2. The molecule has 1 amide bonds. The van der Waals surface area contributed by atoms with Crippen LogP contribution in [0.5, 0.6) is 0 Å². The van der Waals surface area contributed by atoms with E-state index in [1.807, 2.05) is 6.07 Å². The smallest absolute Gasteiger partial charge is 0.324 e. The topological polar surface area (TPSA) is 81.8 Å². The van der Waals surface area contributed by atoms with Crippen molar-refractivity contribution in [2.24, 2.45) is 7.05 Å². The number of halogens is 3. The molecule has 0 aliphatic carbocycles. The molecular formula is C22H20F3N5O2. The summed E-state index contributed by atoms with van der Waals surface area (Å²) in [6, 6.07) is 8.23. The minimum atomic E-state index is -4.54. The molecule has 0 fully saturated rings. The third kappa shape index (κ3) is 3.95. The number of benzene rings is 2. The summed E-state index contributed by atoms with van der Waals surface area (Å²) in [7, 11) is 1.78. The molecule has 0 bridgehead atoms. The van der Waals surface area contributed by atoms with Crippen LogP contribution in [0.2, 0.25) is 0 Å². The Bertz CT molecular complexity index is 1400. The zero-order valence-electron chi connectivity index (χ0n) is 17.6. The number of fused-ring (bicyclic) bond motifs is 2. The van der Waals surface area contributed by atoms with Crippen LogP contribution in [-0.4, -0.2) is 25.5 Å². The molecule has 2 aromatic carbocycles. The molecule has 32 heavy (non-hydrogen) atoms. The predicted octanol–water partition coefficient (Wildman–Crippen LogP) is 4.06. The molecule has 0 aliphatic rings. The van der Waals surface area contributed by atoms with E-state index in [0.717, 1.165) is 33.8 Å². The van der Waals surface area contributed by atoms with Crippen LogP contribution in [0, 0.1) is 0 Å². The first-order valence-corrected chi connectivity index (χ1v) is 9.88. The van der Waals surface area contributed by atoms with Crippen molar-refractivity contribution < 1.29 is 18.0 Å². The number of hydrogen-bond acceptors (Lipinski definition) is 4. The van der Waals surface area contributed by atoms with Gasteiger partial charge in [0.1, 0.15) is 6.54 Å². The predicted molar refractivity (Wildman–Crippen MR) is 114 cm³/mol. The quantitative estimate of drug-likeness (QED) is 0.516. The lowest BCUT2D eigenvalue weighted by atomic mass is 10.0. The van der Waals surface area contributed by atoms with Crippen molar-refractivity contribution in [3.8, 4) is 0 Å². The van der Waals surface area contributed by atoms with Gasteiger partial charge in [-0.05, 0) is 42.3 Å². The van der Waals surface area contributed by atoms with Crippen molar-refractivity contribution in [2.75, 3.05) is 5.32 Å². The van der Waals surface area contributed by atoms with Crippen LogP contribution in [0.3, 0.4) is 0 Å². The number of nitrogens with one attached hydrogen (secondary N) is 1. The molecule has 10 heteroatoms. The molecule has 0 radical (unpaired) electrons. The number of aryl methyl sites for hydroxylation is 1. The summed E-state index contributed by atoms with van der Waals surface area (Å²) in [4.78, 5) is 25.5. The van der Waals surface area contributed by atoms with E-state index < -0.39 is 23.2 Å². The van der Waals surface area contributed by atoms with Gasteiger partial charge in [-0.3, -0.25) is 14.3 Å². The summed E-state index contributed by atoms with van der Waals surface area (Å²) in [5.74, 6) is -0.745. The van der Waals surface area contributed by atoms with E-state index in [0.29, 0.717) is 11.4 Å². The Labute approximate surface area is 180 Å². The molecule has 7 nitrogen and oxygen atoms in total. The first kappa shape index (κ1) is 21.5. The van der Waals surface area contributed by atoms with Crippen molar-refractivity contribution in [2.45, 2.75) is 32.5 Å². The molecule has 0 unspecified atom stereocenters. The van der Waals surface area contributed by atoms with E-state index in [1.165, 1.54) is 0 Å². The van der Waals surface area contributed by atoms with E-state index in [1.54, 1.807) is 43.9 Å². The average molecular weight is 443 g/mol. The molecule has 2 aromatic heterocycles. The minimum Gasteiger partial charge on any atom is -0.324 e. The van der Waals surface area contributed by atoms with Gasteiger partial charge in [0.25, 0.3) is 5.56 Å². The van der Waals surface area contributed by atoms with E-state index in [4.69, 9.17) is 0 Å². The van der Waals surface area contributed by atoms with Gasteiger partial charge in [-0.1, -0.05) is 13.8 Å². The zero-order valence-corrected chi connectivity index (χ0v) is 17.6. The number of aromatic nitrogens is 4. The highest BCUT2D eigenvalue weighted by molar-refractivity contribution is 5.93. The van der Waals surface area contributed by atoms with Gasteiger partial charge in [0, 0.05) is 23.5 Å². The van der Waals surface area contributed by atoms with E-state index in [-0.39, 0.29) is 23.2 Å². The van der Waals surface area contributed by atoms with Gasteiger partial charge in [-0.15, -0.1) is 0 Å². The standard InChI is InChI=1S/C22H20F3N5O2/c1-12(2)20-17-8-14(22(23,24)25)5-7-16(17)21(32)30(28-20)11-19(31)27-15-6-4-13-10-26-29(3)18(13)9-15/h4-10,12H,11H2,1-3H3,(H,27,31). The molecule has 166 valence electrons. The molecular weight excluding hydrogens is 423 g/mol. The first-order chi connectivity index (χ1) is 15.0. The Hall–Kier alpha value is -3.69. The Balaban J connectivity index is 1.68. The largest absolute Gasteiger partial charge is 0.416 e. The Kier molecular flexibility index (Phi) is 5.23. The molecule has 4 aromatic rings. The number of anilines is 1. The van der Waals surface area contributed by atoms with E-state index >= 15 is 0 Å². The number of nitrogens with zero attached hydrogens (tertiary/aromatic N) is 4. The van der Waals surface area contributed by atoms with E-state index in [2.05, 4.69) is 15.5 Å². The Morgan fingerprint density at radius 2 is 1.88 bits per heavy atom. The minimum absolute atomic E-state index is 0.0841. The lowest BCUT2D eigenvalue weighted by Gasteiger charge is -2.15. The third-order valence-corrected chi connectivity index (χ3v) is 5.19. The normalized spacial score (nSPS) is 12.1. The summed E-state index contributed by atoms with van der Waals surface area (Å²) in [5.41, 5.74) is 0.185.